The van der Waals surface area contributed by atoms with Gasteiger partial charge in [-0.05, 0) is 68.3 Å². The highest BCUT2D eigenvalue weighted by molar-refractivity contribution is 6.26. The molecular weight excluding hydrogens is 364 g/mol. The number of nitrogens with zero attached hydrogens (tertiary/aromatic N) is 2. The van der Waals surface area contributed by atoms with Crippen LogP contribution in [-0.2, 0) is 7.05 Å². The van der Waals surface area contributed by atoms with Gasteiger partial charge in [0.1, 0.15) is 5.52 Å². The molecule has 0 radical (unpaired) electrons. The number of hydrogen-bond acceptors (Lipinski definition) is 1. The molecule has 0 bridgehead atoms. The number of benzene rings is 5. The molecule has 0 atom stereocenters. The van der Waals surface area contributed by atoms with Crippen molar-refractivity contribution in [3.8, 4) is 22.3 Å². The average molecular weight is 385 g/mol. The van der Waals surface area contributed by atoms with E-state index >= 15 is 0 Å². The highest BCUT2D eigenvalue weighted by atomic mass is 15.0. The summed E-state index contributed by atoms with van der Waals surface area (Å²) in [6, 6.07) is 32.7. The minimum absolute atomic E-state index is 1.02. The number of aromatic nitrogens is 2. The highest BCUT2D eigenvalue weighted by Gasteiger charge is 2.21. The van der Waals surface area contributed by atoms with Gasteiger partial charge in [-0.3, -0.25) is 0 Å². The van der Waals surface area contributed by atoms with E-state index in [-0.39, 0.29) is 0 Å². The second kappa shape index (κ2) is 6.36. The molecule has 0 spiro atoms. The number of hydrogen-bond donors (Lipinski definition) is 0. The Morgan fingerprint density at radius 3 is 1.80 bits per heavy atom. The Kier molecular flexibility index (Phi) is 3.63. The van der Waals surface area contributed by atoms with Crippen LogP contribution in [0.3, 0.4) is 0 Å². The SMILES string of the molecule is Cc1nc2ccc3c(-c4ccccc4)cc(-c4ccccc4)c4ccc(c2c34)[n+]1C. The van der Waals surface area contributed by atoms with Crippen LogP contribution in [0.1, 0.15) is 5.82 Å². The van der Waals surface area contributed by atoms with Gasteiger partial charge < -0.3 is 0 Å². The van der Waals surface area contributed by atoms with Crippen LogP contribution in [0.25, 0.3) is 54.8 Å². The van der Waals surface area contributed by atoms with Crippen LogP contribution in [0.5, 0.6) is 0 Å². The third-order valence-electron chi connectivity index (χ3n) is 6.28. The Morgan fingerprint density at radius 2 is 1.20 bits per heavy atom. The van der Waals surface area contributed by atoms with Gasteiger partial charge in [-0.2, -0.15) is 0 Å². The van der Waals surface area contributed by atoms with Gasteiger partial charge >= 0.3 is 0 Å². The van der Waals surface area contributed by atoms with Crippen molar-refractivity contribution in [1.82, 2.24) is 4.98 Å². The molecule has 6 aromatic rings. The Bertz CT molecular complexity index is 1470. The smallest absolute Gasteiger partial charge is 0.230 e. The Balaban J connectivity index is 1.87. The zero-order valence-electron chi connectivity index (χ0n) is 17.1. The normalized spacial score (nSPS) is 11.7. The van der Waals surface area contributed by atoms with Gasteiger partial charge in [-0.25, -0.2) is 4.57 Å². The van der Waals surface area contributed by atoms with Crippen molar-refractivity contribution >= 4 is 32.6 Å². The molecule has 0 aliphatic carbocycles. The summed E-state index contributed by atoms with van der Waals surface area (Å²) < 4.78 is 2.19. The second-order valence-electron chi connectivity index (χ2n) is 7.94. The standard InChI is InChI=1S/C28H21N2/c1-18-29-25-15-13-21-23(19-9-5-3-6-10-19)17-24(20-11-7-4-8-12-20)22-14-16-26(30(18)2)28(25)27(21)22/h3-17H,1-2H3/q+1. The van der Waals surface area contributed by atoms with Crippen LogP contribution in [-0.4, -0.2) is 4.98 Å². The zero-order chi connectivity index (χ0) is 20.2. The third kappa shape index (κ3) is 2.37. The molecule has 0 N–H and O–H groups in total. The molecule has 0 aliphatic rings. The molecule has 0 saturated carbocycles. The summed E-state index contributed by atoms with van der Waals surface area (Å²) in [5, 5.41) is 5.10. The van der Waals surface area contributed by atoms with Gasteiger partial charge in [0.15, 0.2) is 5.52 Å². The van der Waals surface area contributed by atoms with E-state index in [0.29, 0.717) is 0 Å². The summed E-state index contributed by atoms with van der Waals surface area (Å²) in [5.74, 6) is 1.02. The zero-order valence-corrected chi connectivity index (χ0v) is 17.1. The Morgan fingerprint density at radius 1 is 0.633 bits per heavy atom. The molecule has 0 amide bonds. The molecule has 5 aromatic carbocycles. The van der Waals surface area contributed by atoms with Gasteiger partial charge in [0.25, 0.3) is 5.82 Å². The van der Waals surface area contributed by atoms with Crippen molar-refractivity contribution in [2.24, 2.45) is 7.05 Å². The van der Waals surface area contributed by atoms with Crippen LogP contribution in [0.15, 0.2) is 91.0 Å². The maximum atomic E-state index is 4.90. The molecule has 142 valence electrons. The molecule has 0 saturated heterocycles. The first-order valence-electron chi connectivity index (χ1n) is 10.3. The van der Waals surface area contributed by atoms with E-state index in [2.05, 4.69) is 110 Å². The van der Waals surface area contributed by atoms with E-state index in [1.807, 2.05) is 0 Å². The third-order valence-corrected chi connectivity index (χ3v) is 6.28. The van der Waals surface area contributed by atoms with Crippen LogP contribution in [0.4, 0.5) is 0 Å². The highest BCUT2D eigenvalue weighted by Crippen LogP contribution is 2.42. The van der Waals surface area contributed by atoms with Gasteiger partial charge in [-0.15, -0.1) is 0 Å². The number of rotatable bonds is 2. The molecule has 2 heteroatoms. The molecule has 6 rings (SSSR count). The first-order valence-corrected chi connectivity index (χ1v) is 10.3. The quantitative estimate of drug-likeness (QED) is 0.247. The van der Waals surface area contributed by atoms with Crippen LogP contribution < -0.4 is 4.57 Å². The maximum absolute atomic E-state index is 4.90. The van der Waals surface area contributed by atoms with Crippen molar-refractivity contribution in [3.05, 3.63) is 96.8 Å². The summed E-state index contributed by atoms with van der Waals surface area (Å²) in [6.45, 7) is 2.07. The van der Waals surface area contributed by atoms with Crippen molar-refractivity contribution < 1.29 is 4.57 Å². The van der Waals surface area contributed by atoms with Crippen molar-refractivity contribution in [3.63, 3.8) is 0 Å². The molecule has 0 aliphatic heterocycles. The fraction of sp³-hybridized carbons (Fsp3) is 0.0714. The Hall–Kier alpha value is -3.78. The van der Waals surface area contributed by atoms with Crippen LogP contribution >= 0.6 is 0 Å². The first kappa shape index (κ1) is 17.1. The van der Waals surface area contributed by atoms with Crippen LogP contribution in [0.2, 0.25) is 0 Å². The predicted octanol–water partition coefficient (Wildman–Crippen LogP) is 6.45. The molecule has 0 unspecified atom stereocenters. The summed E-state index contributed by atoms with van der Waals surface area (Å²) in [7, 11) is 2.10. The summed E-state index contributed by atoms with van der Waals surface area (Å²) in [4.78, 5) is 4.90. The second-order valence-corrected chi connectivity index (χ2v) is 7.94. The monoisotopic (exact) mass is 385 g/mol. The number of aryl methyl sites for hydroxylation is 2. The summed E-state index contributed by atoms with van der Waals surface area (Å²) in [6.07, 6.45) is 0. The summed E-state index contributed by atoms with van der Waals surface area (Å²) in [5.41, 5.74) is 7.28. The first-order chi connectivity index (χ1) is 14.7. The van der Waals surface area contributed by atoms with E-state index in [4.69, 9.17) is 4.98 Å². The largest absolute Gasteiger partial charge is 0.296 e. The fourth-order valence-corrected chi connectivity index (χ4v) is 4.72. The maximum Gasteiger partial charge on any atom is 0.296 e. The van der Waals surface area contributed by atoms with Gasteiger partial charge in [0, 0.05) is 12.3 Å². The molecule has 30 heavy (non-hydrogen) atoms. The average Bonchev–Trinajstić information content (AvgIpc) is 2.80. The predicted molar refractivity (Wildman–Crippen MR) is 125 cm³/mol. The van der Waals surface area contributed by atoms with E-state index < -0.39 is 0 Å². The van der Waals surface area contributed by atoms with E-state index in [9.17, 15) is 0 Å². The lowest BCUT2D eigenvalue weighted by Crippen LogP contribution is -2.34. The molecule has 1 heterocycles. The molecular formula is C28H21N2+. The van der Waals surface area contributed by atoms with Crippen molar-refractivity contribution in [2.45, 2.75) is 6.92 Å². The minimum atomic E-state index is 1.02. The van der Waals surface area contributed by atoms with Crippen molar-refractivity contribution in [2.75, 3.05) is 0 Å². The lowest BCUT2D eigenvalue weighted by atomic mass is 9.87. The van der Waals surface area contributed by atoms with Crippen molar-refractivity contribution in [1.29, 1.82) is 0 Å². The lowest BCUT2D eigenvalue weighted by molar-refractivity contribution is -0.654. The summed E-state index contributed by atoms with van der Waals surface area (Å²) >= 11 is 0. The lowest BCUT2D eigenvalue weighted by Gasteiger charge is -2.17. The molecule has 0 fully saturated rings. The molecule has 1 aromatic heterocycles. The van der Waals surface area contributed by atoms with E-state index in [0.717, 1.165) is 11.3 Å². The fourth-order valence-electron chi connectivity index (χ4n) is 4.72. The van der Waals surface area contributed by atoms with Gasteiger partial charge in [0.2, 0.25) is 0 Å². The Labute approximate surface area is 175 Å². The van der Waals surface area contributed by atoms with Gasteiger partial charge in [0.05, 0.1) is 12.4 Å². The minimum Gasteiger partial charge on any atom is -0.230 e. The topological polar surface area (TPSA) is 16.8 Å². The van der Waals surface area contributed by atoms with E-state index in [1.54, 1.807) is 0 Å². The molecule has 2 nitrogen and oxygen atoms in total. The van der Waals surface area contributed by atoms with Gasteiger partial charge in [-0.1, -0.05) is 60.7 Å². The van der Waals surface area contributed by atoms with Crippen LogP contribution in [0, 0.1) is 6.92 Å². The van der Waals surface area contributed by atoms with E-state index in [1.165, 1.54) is 49.3 Å².